The molecule has 2 aromatic carbocycles. The lowest BCUT2D eigenvalue weighted by atomic mass is 9.82. The highest BCUT2D eigenvalue weighted by Crippen LogP contribution is 2.53. The minimum absolute atomic E-state index is 0.325. The van der Waals surface area contributed by atoms with Gasteiger partial charge in [-0.15, -0.1) is 0 Å². The number of rotatable bonds is 5. The van der Waals surface area contributed by atoms with Crippen LogP contribution in [0.5, 0.6) is 11.5 Å². The molecule has 0 aliphatic carbocycles. The fourth-order valence-corrected chi connectivity index (χ4v) is 4.32. The molecule has 0 amide bonds. The van der Waals surface area contributed by atoms with E-state index in [-0.39, 0.29) is 0 Å². The number of aromatic amines is 1. The topological polar surface area (TPSA) is 45.2 Å². The van der Waals surface area contributed by atoms with Gasteiger partial charge in [0.25, 0.3) is 0 Å². The van der Waals surface area contributed by atoms with Crippen molar-refractivity contribution in [3.8, 4) is 33.8 Å². The number of aromatic hydroxyl groups is 1. The Kier molecular flexibility index (Phi) is 4.70. The third-order valence-electron chi connectivity index (χ3n) is 5.74. The Morgan fingerprint density at radius 3 is 2.61 bits per heavy atom. The Hall–Kier alpha value is -2.68. The second-order valence-corrected chi connectivity index (χ2v) is 8.35. The van der Waals surface area contributed by atoms with Crippen molar-refractivity contribution in [2.75, 3.05) is 0 Å². The van der Waals surface area contributed by atoms with Crippen LogP contribution in [0.2, 0.25) is 0 Å². The van der Waals surface area contributed by atoms with Crippen molar-refractivity contribution in [1.29, 1.82) is 0 Å². The van der Waals surface area contributed by atoms with Crippen molar-refractivity contribution >= 4 is 0 Å². The average Bonchev–Trinajstić information content (AvgIpc) is 3.15. The number of nitrogens with one attached hydrogen (secondary N) is 1. The number of phenolic OH excluding ortho intramolecular Hbond substituents is 1. The summed E-state index contributed by atoms with van der Waals surface area (Å²) in [6.45, 7) is 8.49. The van der Waals surface area contributed by atoms with Gasteiger partial charge in [-0.3, -0.25) is 0 Å². The minimum Gasteiger partial charge on any atom is -0.506 e. The van der Waals surface area contributed by atoms with Gasteiger partial charge in [-0.25, -0.2) is 0 Å². The SMILES string of the molecule is CCCCCc1cc2c(c(O)c1-c1cc[nH]c1)-c1cc(C)ccc1C(C)(C)O2. The van der Waals surface area contributed by atoms with E-state index in [1.807, 2.05) is 18.5 Å². The zero-order chi connectivity index (χ0) is 19.9. The van der Waals surface area contributed by atoms with E-state index in [1.54, 1.807) is 0 Å². The Morgan fingerprint density at radius 1 is 1.07 bits per heavy atom. The monoisotopic (exact) mass is 375 g/mol. The van der Waals surface area contributed by atoms with Crippen molar-refractivity contribution in [3.63, 3.8) is 0 Å². The quantitative estimate of drug-likeness (QED) is 0.486. The molecule has 1 aliphatic rings. The highest BCUT2D eigenvalue weighted by atomic mass is 16.5. The molecule has 4 rings (SSSR count). The number of benzene rings is 2. The zero-order valence-electron chi connectivity index (χ0n) is 17.2. The van der Waals surface area contributed by atoms with Gasteiger partial charge in [0.2, 0.25) is 0 Å². The number of unbranched alkanes of at least 4 members (excludes halogenated alkanes) is 2. The van der Waals surface area contributed by atoms with Gasteiger partial charge in [-0.1, -0.05) is 43.5 Å². The van der Waals surface area contributed by atoms with Crippen LogP contribution in [0.3, 0.4) is 0 Å². The van der Waals surface area contributed by atoms with Gasteiger partial charge in [0.05, 0.1) is 5.56 Å². The molecular weight excluding hydrogens is 346 g/mol. The van der Waals surface area contributed by atoms with E-state index in [0.717, 1.165) is 52.0 Å². The molecule has 0 unspecified atom stereocenters. The van der Waals surface area contributed by atoms with Crippen molar-refractivity contribution in [1.82, 2.24) is 4.98 Å². The van der Waals surface area contributed by atoms with Crippen LogP contribution in [-0.2, 0) is 12.0 Å². The molecule has 0 radical (unpaired) electrons. The summed E-state index contributed by atoms with van der Waals surface area (Å²) in [5, 5.41) is 11.5. The van der Waals surface area contributed by atoms with Crippen LogP contribution in [-0.4, -0.2) is 10.1 Å². The Balaban J connectivity index is 1.96. The molecule has 3 nitrogen and oxygen atoms in total. The molecule has 0 atom stereocenters. The molecule has 3 aromatic rings. The largest absolute Gasteiger partial charge is 0.506 e. The van der Waals surface area contributed by atoms with Gasteiger partial charge in [-0.2, -0.15) is 0 Å². The zero-order valence-corrected chi connectivity index (χ0v) is 17.2. The summed E-state index contributed by atoms with van der Waals surface area (Å²) < 4.78 is 6.42. The summed E-state index contributed by atoms with van der Waals surface area (Å²) in [6.07, 6.45) is 8.24. The van der Waals surface area contributed by atoms with Crippen molar-refractivity contribution < 1.29 is 9.84 Å². The number of phenols is 1. The smallest absolute Gasteiger partial charge is 0.135 e. The van der Waals surface area contributed by atoms with E-state index < -0.39 is 5.60 Å². The number of fused-ring (bicyclic) bond motifs is 3. The lowest BCUT2D eigenvalue weighted by Gasteiger charge is -2.36. The van der Waals surface area contributed by atoms with Gasteiger partial charge >= 0.3 is 0 Å². The highest BCUT2D eigenvalue weighted by Gasteiger charge is 2.35. The predicted molar refractivity (Wildman–Crippen MR) is 115 cm³/mol. The molecule has 0 spiro atoms. The van der Waals surface area contributed by atoms with Crippen molar-refractivity contribution in [2.24, 2.45) is 0 Å². The van der Waals surface area contributed by atoms with Crippen LogP contribution in [0.1, 0.15) is 56.7 Å². The first-order valence-electron chi connectivity index (χ1n) is 10.2. The first kappa shape index (κ1) is 18.7. The number of aromatic nitrogens is 1. The number of hydrogen-bond acceptors (Lipinski definition) is 2. The van der Waals surface area contributed by atoms with Crippen LogP contribution in [0.15, 0.2) is 42.7 Å². The van der Waals surface area contributed by atoms with E-state index in [9.17, 15) is 5.11 Å². The molecule has 0 saturated heterocycles. The van der Waals surface area contributed by atoms with Crippen LogP contribution in [0, 0.1) is 6.92 Å². The normalized spacial score (nSPS) is 14.3. The Bertz CT molecular complexity index is 1000. The van der Waals surface area contributed by atoms with Gasteiger partial charge in [0.1, 0.15) is 17.1 Å². The maximum absolute atomic E-state index is 11.5. The predicted octanol–water partition coefficient (Wildman–Crippen LogP) is 6.72. The fraction of sp³-hybridized carbons (Fsp3) is 0.360. The fourth-order valence-electron chi connectivity index (χ4n) is 4.32. The molecule has 28 heavy (non-hydrogen) atoms. The van der Waals surface area contributed by atoms with E-state index >= 15 is 0 Å². The van der Waals surface area contributed by atoms with Crippen LogP contribution < -0.4 is 4.74 Å². The summed E-state index contributed by atoms with van der Waals surface area (Å²) in [5.41, 5.74) is 6.83. The lowest BCUT2D eigenvalue weighted by molar-refractivity contribution is 0.105. The lowest BCUT2D eigenvalue weighted by Crippen LogP contribution is -2.29. The molecule has 0 fully saturated rings. The second-order valence-electron chi connectivity index (χ2n) is 8.35. The summed E-state index contributed by atoms with van der Waals surface area (Å²) in [7, 11) is 0. The van der Waals surface area contributed by atoms with E-state index in [1.165, 1.54) is 18.4 Å². The molecule has 0 saturated carbocycles. The molecule has 2 heterocycles. The van der Waals surface area contributed by atoms with Crippen LogP contribution in [0.4, 0.5) is 0 Å². The summed E-state index contributed by atoms with van der Waals surface area (Å²) in [6, 6.07) is 10.6. The first-order valence-corrected chi connectivity index (χ1v) is 10.2. The average molecular weight is 376 g/mol. The first-order chi connectivity index (χ1) is 13.4. The third kappa shape index (κ3) is 3.09. The van der Waals surface area contributed by atoms with Gasteiger partial charge in [-0.05, 0) is 56.9 Å². The summed E-state index contributed by atoms with van der Waals surface area (Å²) in [4.78, 5) is 3.13. The van der Waals surface area contributed by atoms with E-state index in [4.69, 9.17) is 4.74 Å². The van der Waals surface area contributed by atoms with E-state index in [0.29, 0.717) is 5.75 Å². The molecule has 1 aromatic heterocycles. The second kappa shape index (κ2) is 7.05. The van der Waals surface area contributed by atoms with Crippen LogP contribution in [0.25, 0.3) is 22.3 Å². The van der Waals surface area contributed by atoms with E-state index in [2.05, 4.69) is 56.9 Å². The van der Waals surface area contributed by atoms with Crippen molar-refractivity contribution in [3.05, 3.63) is 59.4 Å². The molecule has 3 heteroatoms. The standard InChI is InChI=1S/C25H29NO2/c1-5-6-7-8-17-14-21-23(24(27)22(17)18-11-12-26-15-18)19-13-16(2)9-10-20(19)25(3,4)28-21/h9-15,26-27H,5-8H2,1-4H3. The van der Waals surface area contributed by atoms with Crippen molar-refractivity contribution in [2.45, 2.75) is 59.0 Å². The summed E-state index contributed by atoms with van der Waals surface area (Å²) in [5.74, 6) is 1.11. The number of aryl methyl sites for hydroxylation is 2. The highest BCUT2D eigenvalue weighted by molar-refractivity contribution is 5.90. The number of ether oxygens (including phenoxy) is 1. The van der Waals surface area contributed by atoms with Crippen LogP contribution >= 0.6 is 0 Å². The molecule has 2 N–H and O–H groups in total. The molecular formula is C25H29NO2. The van der Waals surface area contributed by atoms with Gasteiger partial charge in [0, 0.05) is 29.1 Å². The molecule has 0 bridgehead atoms. The maximum atomic E-state index is 11.5. The summed E-state index contributed by atoms with van der Waals surface area (Å²) >= 11 is 0. The van der Waals surface area contributed by atoms with Gasteiger partial charge < -0.3 is 14.8 Å². The maximum Gasteiger partial charge on any atom is 0.135 e. The minimum atomic E-state index is -0.432. The molecule has 146 valence electrons. The number of H-pyrrole nitrogens is 1. The molecule has 1 aliphatic heterocycles. The van der Waals surface area contributed by atoms with Gasteiger partial charge in [0.15, 0.2) is 0 Å². The third-order valence-corrected chi connectivity index (χ3v) is 5.74. The Labute approximate surface area is 167 Å². The Morgan fingerprint density at radius 2 is 1.89 bits per heavy atom. The number of hydrogen-bond donors (Lipinski definition) is 2.